The molecule has 0 saturated heterocycles. The summed E-state index contributed by atoms with van der Waals surface area (Å²) < 4.78 is 25.2. The SMILES string of the molecule is CS(=O)(=O)c1ccc(C2(c3ncnn3CCO)CCCCC2)cc1. The summed E-state index contributed by atoms with van der Waals surface area (Å²) >= 11 is 0. The van der Waals surface area contributed by atoms with Crippen LogP contribution in [0.2, 0.25) is 0 Å². The summed E-state index contributed by atoms with van der Waals surface area (Å²) in [6.07, 6.45) is 8.05. The van der Waals surface area contributed by atoms with Gasteiger partial charge in [0.15, 0.2) is 9.84 Å². The highest BCUT2D eigenvalue weighted by molar-refractivity contribution is 7.90. The number of rotatable bonds is 5. The monoisotopic (exact) mass is 349 g/mol. The van der Waals surface area contributed by atoms with E-state index in [1.54, 1.807) is 16.8 Å². The van der Waals surface area contributed by atoms with Gasteiger partial charge in [0.05, 0.1) is 23.5 Å². The van der Waals surface area contributed by atoms with Gasteiger partial charge in [-0.05, 0) is 30.5 Å². The van der Waals surface area contributed by atoms with E-state index < -0.39 is 9.84 Å². The normalized spacial score (nSPS) is 17.8. The van der Waals surface area contributed by atoms with E-state index in [4.69, 9.17) is 0 Å². The molecule has 0 atom stereocenters. The highest BCUT2D eigenvalue weighted by Gasteiger charge is 2.39. The third-order valence-electron chi connectivity index (χ3n) is 4.90. The molecule has 1 saturated carbocycles. The number of nitrogens with zero attached hydrogens (tertiary/aromatic N) is 3. The molecule has 24 heavy (non-hydrogen) atoms. The second-order valence-corrected chi connectivity index (χ2v) is 8.49. The van der Waals surface area contributed by atoms with E-state index in [1.807, 2.05) is 12.1 Å². The number of benzene rings is 1. The van der Waals surface area contributed by atoms with Gasteiger partial charge in [-0.2, -0.15) is 5.10 Å². The molecule has 2 aromatic rings. The van der Waals surface area contributed by atoms with Crippen LogP contribution in [0.5, 0.6) is 0 Å². The Bertz CT molecular complexity index is 791. The number of hydrogen-bond donors (Lipinski definition) is 1. The van der Waals surface area contributed by atoms with Crippen molar-refractivity contribution in [1.29, 1.82) is 0 Å². The van der Waals surface area contributed by atoms with Gasteiger partial charge in [0.1, 0.15) is 12.2 Å². The highest BCUT2D eigenvalue weighted by Crippen LogP contribution is 2.44. The van der Waals surface area contributed by atoms with Crippen molar-refractivity contribution in [3.8, 4) is 0 Å². The number of aliphatic hydroxyl groups excluding tert-OH is 1. The van der Waals surface area contributed by atoms with Crippen molar-refractivity contribution >= 4 is 9.84 Å². The Morgan fingerprint density at radius 3 is 2.42 bits per heavy atom. The molecule has 1 N–H and O–H groups in total. The Hall–Kier alpha value is -1.73. The maximum absolute atomic E-state index is 11.7. The molecule has 0 amide bonds. The van der Waals surface area contributed by atoms with Crippen LogP contribution in [0.1, 0.15) is 43.5 Å². The zero-order valence-corrected chi connectivity index (χ0v) is 14.7. The van der Waals surface area contributed by atoms with Crippen molar-refractivity contribution in [2.24, 2.45) is 0 Å². The fraction of sp³-hybridized carbons (Fsp3) is 0.529. The number of aliphatic hydroxyl groups is 1. The van der Waals surface area contributed by atoms with Crippen molar-refractivity contribution < 1.29 is 13.5 Å². The van der Waals surface area contributed by atoms with Crippen molar-refractivity contribution in [1.82, 2.24) is 14.8 Å². The van der Waals surface area contributed by atoms with Gasteiger partial charge in [0.25, 0.3) is 0 Å². The van der Waals surface area contributed by atoms with E-state index in [-0.39, 0.29) is 12.0 Å². The minimum atomic E-state index is -3.21. The van der Waals surface area contributed by atoms with E-state index >= 15 is 0 Å². The predicted molar refractivity (Wildman–Crippen MR) is 90.5 cm³/mol. The minimum absolute atomic E-state index is 0.0133. The molecule has 1 aliphatic rings. The summed E-state index contributed by atoms with van der Waals surface area (Å²) in [4.78, 5) is 4.83. The van der Waals surface area contributed by atoms with Crippen molar-refractivity contribution in [2.45, 2.75) is 49.0 Å². The van der Waals surface area contributed by atoms with Crippen molar-refractivity contribution in [2.75, 3.05) is 12.9 Å². The van der Waals surface area contributed by atoms with Crippen LogP contribution in [-0.4, -0.2) is 41.2 Å². The molecule has 130 valence electrons. The number of hydrogen-bond acceptors (Lipinski definition) is 5. The Kier molecular flexibility index (Phi) is 4.73. The quantitative estimate of drug-likeness (QED) is 0.891. The Labute approximate surface area is 142 Å². The molecule has 0 bridgehead atoms. The first-order chi connectivity index (χ1) is 11.5. The number of aromatic nitrogens is 3. The lowest BCUT2D eigenvalue weighted by Crippen LogP contribution is -2.34. The molecule has 1 aromatic heterocycles. The van der Waals surface area contributed by atoms with E-state index in [1.165, 1.54) is 19.0 Å². The number of sulfone groups is 1. The van der Waals surface area contributed by atoms with Crippen LogP contribution in [0.25, 0.3) is 0 Å². The molecular weight excluding hydrogens is 326 g/mol. The van der Waals surface area contributed by atoms with Gasteiger partial charge in [-0.1, -0.05) is 31.4 Å². The second-order valence-electron chi connectivity index (χ2n) is 6.47. The van der Waals surface area contributed by atoms with Crippen molar-refractivity contribution in [3.63, 3.8) is 0 Å². The first kappa shape index (κ1) is 17.1. The first-order valence-corrected chi connectivity index (χ1v) is 10.2. The van der Waals surface area contributed by atoms with Gasteiger partial charge < -0.3 is 5.11 Å². The van der Waals surface area contributed by atoms with Crippen LogP contribution in [-0.2, 0) is 21.8 Å². The van der Waals surface area contributed by atoms with Crippen LogP contribution in [0.3, 0.4) is 0 Å². The molecule has 0 spiro atoms. The van der Waals surface area contributed by atoms with E-state index in [9.17, 15) is 13.5 Å². The first-order valence-electron chi connectivity index (χ1n) is 8.27. The van der Waals surface area contributed by atoms with Gasteiger partial charge in [-0.15, -0.1) is 0 Å². The maximum Gasteiger partial charge on any atom is 0.175 e. The molecule has 0 radical (unpaired) electrons. The van der Waals surface area contributed by atoms with Crippen LogP contribution in [0.15, 0.2) is 35.5 Å². The van der Waals surface area contributed by atoms with Crippen LogP contribution >= 0.6 is 0 Å². The maximum atomic E-state index is 11.7. The fourth-order valence-electron chi connectivity index (χ4n) is 3.71. The highest BCUT2D eigenvalue weighted by atomic mass is 32.2. The topological polar surface area (TPSA) is 85.1 Å². The van der Waals surface area contributed by atoms with E-state index in [2.05, 4.69) is 10.1 Å². The second kappa shape index (κ2) is 6.64. The summed E-state index contributed by atoms with van der Waals surface area (Å²) in [7, 11) is -3.21. The molecular formula is C17H23N3O3S. The summed E-state index contributed by atoms with van der Waals surface area (Å²) in [6.45, 7) is 0.429. The minimum Gasteiger partial charge on any atom is -0.394 e. The molecule has 3 rings (SSSR count). The van der Waals surface area contributed by atoms with Gasteiger partial charge in [-0.3, -0.25) is 0 Å². The molecule has 1 aromatic carbocycles. The molecule has 7 heteroatoms. The molecule has 6 nitrogen and oxygen atoms in total. The summed E-state index contributed by atoms with van der Waals surface area (Å²) in [6, 6.07) is 7.15. The van der Waals surface area contributed by atoms with Gasteiger partial charge in [0, 0.05) is 6.26 Å². The van der Waals surface area contributed by atoms with Gasteiger partial charge >= 0.3 is 0 Å². The van der Waals surface area contributed by atoms with Gasteiger partial charge in [-0.25, -0.2) is 18.1 Å². The standard InChI is InChI=1S/C17H23N3O3S/c1-24(22,23)15-7-5-14(6-8-15)17(9-3-2-4-10-17)16-18-13-19-20(16)11-12-21/h5-8,13,21H,2-4,9-12H2,1H3. The Morgan fingerprint density at radius 2 is 1.83 bits per heavy atom. The lowest BCUT2D eigenvalue weighted by atomic mass is 9.68. The lowest BCUT2D eigenvalue weighted by Gasteiger charge is -2.37. The smallest absolute Gasteiger partial charge is 0.175 e. The molecule has 0 unspecified atom stereocenters. The van der Waals surface area contributed by atoms with E-state index in [0.29, 0.717) is 11.4 Å². The Morgan fingerprint density at radius 1 is 1.17 bits per heavy atom. The molecule has 1 aliphatic carbocycles. The summed E-state index contributed by atoms with van der Waals surface area (Å²) in [5.41, 5.74) is 0.807. The largest absolute Gasteiger partial charge is 0.394 e. The van der Waals surface area contributed by atoms with Crippen LogP contribution in [0.4, 0.5) is 0 Å². The van der Waals surface area contributed by atoms with Crippen molar-refractivity contribution in [3.05, 3.63) is 42.0 Å². The third-order valence-corrected chi connectivity index (χ3v) is 6.03. The molecule has 1 heterocycles. The predicted octanol–water partition coefficient (Wildman–Crippen LogP) is 1.92. The summed E-state index contributed by atoms with van der Waals surface area (Å²) in [5.74, 6) is 0.864. The average Bonchev–Trinajstić information content (AvgIpc) is 3.04. The zero-order valence-electron chi connectivity index (χ0n) is 13.9. The lowest BCUT2D eigenvalue weighted by molar-refractivity contribution is 0.253. The summed E-state index contributed by atoms with van der Waals surface area (Å²) in [5, 5.41) is 13.5. The molecule has 0 aliphatic heterocycles. The third kappa shape index (κ3) is 3.10. The Balaban J connectivity index is 2.08. The van der Waals surface area contributed by atoms with Gasteiger partial charge in [0.2, 0.25) is 0 Å². The van der Waals surface area contributed by atoms with Crippen LogP contribution < -0.4 is 0 Å². The van der Waals surface area contributed by atoms with Crippen LogP contribution in [0, 0.1) is 0 Å². The van der Waals surface area contributed by atoms with E-state index in [0.717, 1.165) is 37.1 Å². The molecule has 1 fully saturated rings. The fourth-order valence-corrected chi connectivity index (χ4v) is 4.34. The average molecular weight is 349 g/mol. The zero-order chi connectivity index (χ0) is 17.2.